The Morgan fingerprint density at radius 3 is 2.36 bits per heavy atom. The molecule has 1 aromatic rings. The fraction of sp³-hybridized carbons (Fsp3) is 0.222. The number of rotatable bonds is 3. The van der Waals surface area contributed by atoms with Gasteiger partial charge in [-0.25, -0.2) is 0 Å². The van der Waals surface area contributed by atoms with E-state index in [0.717, 1.165) is 9.91 Å². The molecule has 3 nitrogen and oxygen atoms in total. The molecule has 74 valence electrons. The molecule has 0 aliphatic carbocycles. The molecule has 0 aromatic heterocycles. The van der Waals surface area contributed by atoms with E-state index in [4.69, 9.17) is 5.26 Å². The van der Waals surface area contributed by atoms with Crippen LogP contribution in [0.3, 0.4) is 0 Å². The van der Waals surface area contributed by atoms with Crippen LogP contribution < -0.4 is 4.35 Å². The number of hydrogen-bond donors (Lipinski definition) is 0. The van der Waals surface area contributed by atoms with Gasteiger partial charge in [-0.2, -0.15) is 0 Å². The summed E-state index contributed by atoms with van der Waals surface area (Å²) >= 11 is -1.09. The molecule has 0 fully saturated rings. The first kappa shape index (κ1) is 11.3. The third-order valence-corrected chi connectivity index (χ3v) is 6.66. The Hall–Kier alpha value is -0.782. The maximum absolute atomic E-state index is 11.0. The van der Waals surface area contributed by atoms with Crippen molar-refractivity contribution in [3.05, 3.63) is 29.8 Å². The fourth-order valence-corrected chi connectivity index (χ4v) is 5.46. The van der Waals surface area contributed by atoms with Crippen LogP contribution in [0.5, 0.6) is 0 Å². The van der Waals surface area contributed by atoms with Crippen molar-refractivity contribution < 1.29 is 8.42 Å². The SMILES string of the molecule is CS(=O)(=O)[AsH]c1ccc(CC#N)cc1. The quantitative estimate of drug-likeness (QED) is 0.714. The van der Waals surface area contributed by atoms with Crippen molar-refractivity contribution in [1.29, 1.82) is 5.26 Å². The maximum atomic E-state index is 11.0. The van der Waals surface area contributed by atoms with Gasteiger partial charge in [-0.3, -0.25) is 0 Å². The monoisotopic (exact) mass is 271 g/mol. The average molecular weight is 271 g/mol. The van der Waals surface area contributed by atoms with Crippen LogP contribution in [0.15, 0.2) is 24.3 Å². The van der Waals surface area contributed by atoms with Gasteiger partial charge >= 0.3 is 89.3 Å². The van der Waals surface area contributed by atoms with Crippen LogP contribution in [-0.4, -0.2) is 29.3 Å². The molecule has 5 heteroatoms. The molecule has 0 bridgehead atoms. The van der Waals surface area contributed by atoms with Gasteiger partial charge in [0.25, 0.3) is 0 Å². The molecule has 0 N–H and O–H groups in total. The molecule has 1 atom stereocenters. The van der Waals surface area contributed by atoms with E-state index in [9.17, 15) is 8.42 Å². The Morgan fingerprint density at radius 2 is 1.93 bits per heavy atom. The van der Waals surface area contributed by atoms with E-state index < -0.39 is 22.7 Å². The summed E-state index contributed by atoms with van der Waals surface area (Å²) in [6.07, 6.45) is 1.63. The molecule has 1 unspecified atom stereocenters. The second-order valence-corrected chi connectivity index (χ2v) is 11.8. The second kappa shape index (κ2) is 4.63. The van der Waals surface area contributed by atoms with Gasteiger partial charge in [0, 0.05) is 0 Å². The van der Waals surface area contributed by atoms with Crippen molar-refractivity contribution in [2.75, 3.05) is 6.26 Å². The summed E-state index contributed by atoms with van der Waals surface area (Å²) in [5, 5.41) is 8.44. The zero-order valence-electron chi connectivity index (χ0n) is 7.69. The predicted molar refractivity (Wildman–Crippen MR) is 57.4 cm³/mol. The average Bonchev–Trinajstić information content (AvgIpc) is 2.06. The normalized spacial score (nSPS) is 11.7. The number of hydrogen-bond acceptors (Lipinski definition) is 3. The van der Waals surface area contributed by atoms with Gasteiger partial charge in [-0.1, -0.05) is 0 Å². The van der Waals surface area contributed by atoms with E-state index in [-0.39, 0.29) is 0 Å². The van der Waals surface area contributed by atoms with Crippen molar-refractivity contribution >= 4 is 27.0 Å². The minimum atomic E-state index is -2.84. The molecule has 1 aromatic carbocycles. The van der Waals surface area contributed by atoms with E-state index in [1.54, 1.807) is 12.1 Å². The number of nitriles is 1. The molecule has 0 saturated carbocycles. The molecule has 0 radical (unpaired) electrons. The van der Waals surface area contributed by atoms with E-state index in [2.05, 4.69) is 0 Å². The van der Waals surface area contributed by atoms with Crippen molar-refractivity contribution in [3.8, 4) is 6.07 Å². The molecule has 0 amide bonds. The first-order valence-electron chi connectivity index (χ1n) is 3.95. The summed E-state index contributed by atoms with van der Waals surface area (Å²) < 4.78 is 22.9. The Kier molecular flexibility index (Phi) is 3.74. The zero-order chi connectivity index (χ0) is 10.6. The van der Waals surface area contributed by atoms with Crippen LogP contribution in [0, 0.1) is 11.3 Å². The van der Waals surface area contributed by atoms with Crippen LogP contribution >= 0.6 is 0 Å². The molecule has 0 heterocycles. The Morgan fingerprint density at radius 1 is 1.36 bits per heavy atom. The first-order valence-corrected chi connectivity index (χ1v) is 9.46. The molecule has 0 saturated heterocycles. The molecule has 1 rings (SSSR count). The van der Waals surface area contributed by atoms with Crippen LogP contribution in [0.1, 0.15) is 5.56 Å². The van der Waals surface area contributed by atoms with Crippen molar-refractivity contribution in [2.45, 2.75) is 6.42 Å². The molecular formula is C9H10AsNO2S. The Bertz CT molecular complexity index is 445. The van der Waals surface area contributed by atoms with Crippen molar-refractivity contribution in [2.24, 2.45) is 0 Å². The van der Waals surface area contributed by atoms with Gasteiger partial charge in [0.2, 0.25) is 0 Å². The van der Waals surface area contributed by atoms with Crippen LogP contribution in [-0.2, 0) is 14.5 Å². The van der Waals surface area contributed by atoms with Crippen molar-refractivity contribution in [3.63, 3.8) is 0 Å². The first-order chi connectivity index (χ1) is 6.51. The zero-order valence-corrected chi connectivity index (χ0v) is 10.6. The fourth-order valence-electron chi connectivity index (χ4n) is 0.996. The third kappa shape index (κ3) is 3.95. The minimum absolute atomic E-state index is 0.374. The van der Waals surface area contributed by atoms with Crippen LogP contribution in [0.4, 0.5) is 0 Å². The van der Waals surface area contributed by atoms with Crippen LogP contribution in [0.25, 0.3) is 0 Å². The summed E-state index contributed by atoms with van der Waals surface area (Å²) in [7, 11) is -2.84. The summed E-state index contributed by atoms with van der Waals surface area (Å²) in [5.41, 5.74) is 0.927. The van der Waals surface area contributed by atoms with E-state index in [1.165, 1.54) is 6.26 Å². The third-order valence-electron chi connectivity index (χ3n) is 1.54. The van der Waals surface area contributed by atoms with Gasteiger partial charge in [-0.15, -0.1) is 0 Å². The number of nitrogens with zero attached hydrogens (tertiary/aromatic N) is 1. The second-order valence-electron chi connectivity index (χ2n) is 2.91. The van der Waals surface area contributed by atoms with E-state index in [1.807, 2.05) is 18.2 Å². The Labute approximate surface area is 89.3 Å². The van der Waals surface area contributed by atoms with E-state index in [0.29, 0.717) is 6.42 Å². The van der Waals surface area contributed by atoms with E-state index >= 15 is 0 Å². The summed E-state index contributed by atoms with van der Waals surface area (Å²) in [6, 6.07) is 9.27. The molecule has 14 heavy (non-hydrogen) atoms. The molecular weight excluding hydrogens is 261 g/mol. The predicted octanol–water partition coefficient (Wildman–Crippen LogP) is -0.226. The summed E-state index contributed by atoms with van der Waals surface area (Å²) in [5.74, 6) is 0. The summed E-state index contributed by atoms with van der Waals surface area (Å²) in [4.78, 5) is 0. The van der Waals surface area contributed by atoms with Gasteiger partial charge < -0.3 is 0 Å². The van der Waals surface area contributed by atoms with Gasteiger partial charge in [0.15, 0.2) is 0 Å². The van der Waals surface area contributed by atoms with Gasteiger partial charge in [0.1, 0.15) is 0 Å². The topological polar surface area (TPSA) is 57.9 Å². The Balaban J connectivity index is 2.80. The van der Waals surface area contributed by atoms with Gasteiger partial charge in [-0.05, 0) is 0 Å². The van der Waals surface area contributed by atoms with Gasteiger partial charge in [0.05, 0.1) is 0 Å². The summed E-state index contributed by atoms with van der Waals surface area (Å²) in [6.45, 7) is 0. The van der Waals surface area contributed by atoms with Crippen LogP contribution in [0.2, 0.25) is 0 Å². The molecule has 0 aliphatic rings. The molecule has 0 aliphatic heterocycles. The number of benzene rings is 1. The van der Waals surface area contributed by atoms with Crippen molar-refractivity contribution in [1.82, 2.24) is 0 Å². The molecule has 0 spiro atoms. The standard InChI is InChI=1S/C9H10AsNO2S/c1-14(12,13)10-9-4-2-8(3-5-9)6-7-11/h2-5,10H,6H2,1H3.